The first-order valence-corrected chi connectivity index (χ1v) is 7.59. The van der Waals surface area contributed by atoms with E-state index < -0.39 is 5.54 Å². The van der Waals surface area contributed by atoms with Gasteiger partial charge in [-0.1, -0.05) is 23.1 Å². The third-order valence-corrected chi connectivity index (χ3v) is 4.86. The lowest BCUT2D eigenvalue weighted by atomic mass is 10.0. The Bertz CT molecular complexity index is 474. The van der Waals surface area contributed by atoms with Crippen molar-refractivity contribution in [1.29, 1.82) is 5.26 Å². The molecule has 18 heavy (non-hydrogen) atoms. The highest BCUT2D eigenvalue weighted by Crippen LogP contribution is 2.29. The summed E-state index contributed by atoms with van der Waals surface area (Å²) in [6, 6.07) is 2.24. The monoisotopic (exact) mass is 282 g/mol. The molecular weight excluding hydrogens is 268 g/mol. The van der Waals surface area contributed by atoms with Crippen LogP contribution in [0.3, 0.4) is 0 Å². The van der Waals surface area contributed by atoms with Crippen LogP contribution in [0.15, 0.2) is 4.34 Å². The minimum absolute atomic E-state index is 0.101. The van der Waals surface area contributed by atoms with E-state index in [1.165, 1.54) is 23.1 Å². The van der Waals surface area contributed by atoms with E-state index in [9.17, 15) is 4.79 Å². The Morgan fingerprint density at radius 2 is 2.28 bits per heavy atom. The predicted molar refractivity (Wildman–Crippen MR) is 70.3 cm³/mol. The maximum absolute atomic E-state index is 11.8. The fraction of sp³-hybridized carbons (Fsp3) is 0.636. The fourth-order valence-corrected chi connectivity index (χ4v) is 3.63. The number of nitriles is 1. The van der Waals surface area contributed by atoms with Gasteiger partial charge in [0.1, 0.15) is 10.5 Å². The van der Waals surface area contributed by atoms with Crippen molar-refractivity contribution in [1.82, 2.24) is 15.5 Å². The van der Waals surface area contributed by atoms with E-state index in [4.69, 9.17) is 5.26 Å². The molecule has 7 heteroatoms. The second kappa shape index (κ2) is 5.67. The van der Waals surface area contributed by atoms with Gasteiger partial charge in [0.15, 0.2) is 4.34 Å². The molecule has 1 aliphatic carbocycles. The summed E-state index contributed by atoms with van der Waals surface area (Å²) >= 11 is 2.84. The number of nitrogens with one attached hydrogen (secondary N) is 1. The predicted octanol–water partition coefficient (Wildman–Crippen LogP) is 1.89. The topological polar surface area (TPSA) is 78.7 Å². The number of thioether (sulfide) groups is 1. The molecule has 1 aromatic heterocycles. The van der Waals surface area contributed by atoms with Crippen LogP contribution in [0.4, 0.5) is 0 Å². The van der Waals surface area contributed by atoms with E-state index in [1.807, 2.05) is 6.92 Å². The van der Waals surface area contributed by atoms with Gasteiger partial charge in [0.05, 0.1) is 11.8 Å². The molecule has 0 spiro atoms. The summed E-state index contributed by atoms with van der Waals surface area (Å²) in [5.74, 6) is 0.189. The minimum atomic E-state index is -0.630. The lowest BCUT2D eigenvalue weighted by Gasteiger charge is -2.21. The normalized spacial score (nSPS) is 17.3. The van der Waals surface area contributed by atoms with Gasteiger partial charge in [-0.25, -0.2) is 0 Å². The number of rotatable bonds is 4. The standard InChI is InChI=1S/C11H14N4OS2/c1-8-14-15-10(18-8)17-6-9(16)13-11(7-12)4-2-3-5-11/h2-6H2,1H3,(H,13,16). The molecular formula is C11H14N4OS2. The average Bonchev–Trinajstić information content (AvgIpc) is 2.97. The van der Waals surface area contributed by atoms with Gasteiger partial charge in [-0.15, -0.1) is 10.2 Å². The zero-order valence-electron chi connectivity index (χ0n) is 10.1. The second-order valence-corrected chi connectivity index (χ2v) is 6.73. The zero-order chi connectivity index (χ0) is 13.0. The van der Waals surface area contributed by atoms with E-state index in [2.05, 4.69) is 21.6 Å². The first-order valence-electron chi connectivity index (χ1n) is 5.79. The van der Waals surface area contributed by atoms with Gasteiger partial charge in [-0.05, 0) is 32.6 Å². The molecule has 96 valence electrons. The maximum Gasteiger partial charge on any atom is 0.231 e. The molecule has 0 aliphatic heterocycles. The van der Waals surface area contributed by atoms with Gasteiger partial charge < -0.3 is 5.32 Å². The van der Waals surface area contributed by atoms with E-state index in [0.717, 1.165) is 35.0 Å². The highest BCUT2D eigenvalue weighted by molar-refractivity contribution is 8.01. The van der Waals surface area contributed by atoms with Crippen LogP contribution in [0.2, 0.25) is 0 Å². The van der Waals surface area contributed by atoms with Crippen molar-refractivity contribution >= 4 is 29.0 Å². The molecule has 1 amide bonds. The van der Waals surface area contributed by atoms with E-state index in [0.29, 0.717) is 0 Å². The van der Waals surface area contributed by atoms with Crippen LogP contribution in [0, 0.1) is 18.3 Å². The van der Waals surface area contributed by atoms with Crippen LogP contribution in [0.5, 0.6) is 0 Å². The van der Waals surface area contributed by atoms with E-state index in [1.54, 1.807) is 0 Å². The van der Waals surface area contributed by atoms with Crippen molar-refractivity contribution in [2.75, 3.05) is 5.75 Å². The number of hydrogen-bond donors (Lipinski definition) is 1. The summed E-state index contributed by atoms with van der Waals surface area (Å²) < 4.78 is 0.792. The van der Waals surface area contributed by atoms with E-state index in [-0.39, 0.29) is 11.7 Å². The molecule has 2 rings (SSSR count). The maximum atomic E-state index is 11.8. The number of nitrogens with zero attached hydrogens (tertiary/aromatic N) is 3. The summed E-state index contributed by atoms with van der Waals surface area (Å²) in [5, 5.41) is 20.7. The van der Waals surface area contributed by atoms with Gasteiger partial charge in [0, 0.05) is 0 Å². The Morgan fingerprint density at radius 1 is 1.56 bits per heavy atom. The number of carbonyl (C=O) groups excluding carboxylic acids is 1. The zero-order valence-corrected chi connectivity index (χ0v) is 11.7. The van der Waals surface area contributed by atoms with Gasteiger partial charge in [0.25, 0.3) is 0 Å². The molecule has 0 bridgehead atoms. The molecule has 1 heterocycles. The molecule has 0 aromatic carbocycles. The van der Waals surface area contributed by atoms with Gasteiger partial charge >= 0.3 is 0 Å². The van der Waals surface area contributed by atoms with Crippen molar-refractivity contribution in [3.8, 4) is 6.07 Å². The molecule has 0 atom stereocenters. The summed E-state index contributed by atoms with van der Waals surface area (Å²) in [4.78, 5) is 11.8. The van der Waals surface area contributed by atoms with Gasteiger partial charge in [-0.3, -0.25) is 4.79 Å². The molecule has 1 N–H and O–H groups in total. The van der Waals surface area contributed by atoms with Crippen LogP contribution in [-0.2, 0) is 4.79 Å². The van der Waals surface area contributed by atoms with Gasteiger partial charge in [0.2, 0.25) is 5.91 Å². The number of aryl methyl sites for hydroxylation is 1. The molecule has 5 nitrogen and oxygen atoms in total. The third-order valence-electron chi connectivity index (χ3n) is 2.88. The first-order chi connectivity index (χ1) is 8.63. The largest absolute Gasteiger partial charge is 0.337 e. The molecule has 1 aromatic rings. The van der Waals surface area contributed by atoms with Crippen LogP contribution in [-0.4, -0.2) is 27.4 Å². The number of carbonyl (C=O) groups is 1. The van der Waals surface area contributed by atoms with Crippen LogP contribution >= 0.6 is 23.1 Å². The first kappa shape index (κ1) is 13.3. The van der Waals surface area contributed by atoms with E-state index >= 15 is 0 Å². The minimum Gasteiger partial charge on any atom is -0.337 e. The molecule has 0 saturated heterocycles. The number of amides is 1. The lowest BCUT2D eigenvalue weighted by molar-refractivity contribution is -0.119. The summed E-state index contributed by atoms with van der Waals surface area (Å²) in [6.45, 7) is 1.88. The second-order valence-electron chi connectivity index (χ2n) is 4.32. The Kier molecular flexibility index (Phi) is 4.19. The van der Waals surface area contributed by atoms with Crippen molar-refractivity contribution < 1.29 is 4.79 Å². The Morgan fingerprint density at radius 3 is 2.83 bits per heavy atom. The Balaban J connectivity index is 1.83. The number of hydrogen-bond acceptors (Lipinski definition) is 6. The van der Waals surface area contributed by atoms with Crippen LogP contribution in [0.1, 0.15) is 30.7 Å². The molecule has 1 saturated carbocycles. The SMILES string of the molecule is Cc1nnc(SCC(=O)NC2(C#N)CCCC2)s1. The Labute approximate surface area is 114 Å². The third kappa shape index (κ3) is 3.21. The van der Waals surface area contributed by atoms with Gasteiger partial charge in [-0.2, -0.15) is 5.26 Å². The van der Waals surface area contributed by atoms with Crippen LogP contribution < -0.4 is 5.32 Å². The summed E-state index contributed by atoms with van der Waals surface area (Å²) in [7, 11) is 0. The number of aromatic nitrogens is 2. The highest BCUT2D eigenvalue weighted by atomic mass is 32.2. The van der Waals surface area contributed by atoms with Crippen molar-refractivity contribution in [3.05, 3.63) is 5.01 Å². The molecule has 1 fully saturated rings. The van der Waals surface area contributed by atoms with Crippen molar-refractivity contribution in [2.45, 2.75) is 42.5 Å². The van der Waals surface area contributed by atoms with Crippen LogP contribution in [0.25, 0.3) is 0 Å². The smallest absolute Gasteiger partial charge is 0.231 e. The summed E-state index contributed by atoms with van der Waals surface area (Å²) in [5.41, 5.74) is -0.630. The molecule has 0 radical (unpaired) electrons. The fourth-order valence-electron chi connectivity index (χ4n) is 2.01. The molecule has 1 aliphatic rings. The molecule has 0 unspecified atom stereocenters. The quantitative estimate of drug-likeness (QED) is 0.853. The lowest BCUT2D eigenvalue weighted by Crippen LogP contribution is -2.45. The van der Waals surface area contributed by atoms with Crippen molar-refractivity contribution in [2.24, 2.45) is 0 Å². The van der Waals surface area contributed by atoms with Crippen molar-refractivity contribution in [3.63, 3.8) is 0 Å². The Hall–Kier alpha value is -1.13. The highest BCUT2D eigenvalue weighted by Gasteiger charge is 2.35. The average molecular weight is 282 g/mol. The summed E-state index contributed by atoms with van der Waals surface area (Å²) in [6.07, 6.45) is 3.54.